The first-order valence-electron chi connectivity index (χ1n) is 9.35. The summed E-state index contributed by atoms with van der Waals surface area (Å²) >= 11 is 0. The van der Waals surface area contributed by atoms with E-state index in [0.717, 1.165) is 80.7 Å². The molecule has 2 aliphatic heterocycles. The number of pyridine rings is 2. The zero-order valence-electron chi connectivity index (χ0n) is 15.1. The van der Waals surface area contributed by atoms with E-state index in [1.54, 1.807) is 6.20 Å². The van der Waals surface area contributed by atoms with Gasteiger partial charge in [-0.25, -0.2) is 4.98 Å². The van der Waals surface area contributed by atoms with Crippen LogP contribution < -0.4 is 9.80 Å². The van der Waals surface area contributed by atoms with Gasteiger partial charge in [-0.15, -0.1) is 0 Å². The molecule has 2 aliphatic rings. The van der Waals surface area contributed by atoms with E-state index in [-0.39, 0.29) is 0 Å². The van der Waals surface area contributed by atoms with Crippen LogP contribution in [-0.4, -0.2) is 72.8 Å². The van der Waals surface area contributed by atoms with Crippen LogP contribution in [0, 0.1) is 0 Å². The Morgan fingerprint density at radius 1 is 0.889 bits per heavy atom. The van der Waals surface area contributed by atoms with E-state index in [0.29, 0.717) is 0 Å². The number of hydrogen-bond donors (Lipinski definition) is 1. The van der Waals surface area contributed by atoms with Crippen molar-refractivity contribution in [1.82, 2.24) is 20.2 Å². The predicted molar refractivity (Wildman–Crippen MR) is 103 cm³/mol. The van der Waals surface area contributed by atoms with Crippen LogP contribution in [0.15, 0.2) is 30.6 Å². The molecule has 0 amide bonds. The molecule has 3 aromatic rings. The Bertz CT molecular complexity index is 917. The molecule has 27 heavy (non-hydrogen) atoms. The minimum Gasteiger partial charge on any atom is -0.378 e. The predicted octanol–water partition coefficient (Wildman–Crippen LogP) is 1.69. The van der Waals surface area contributed by atoms with E-state index in [1.807, 2.05) is 12.3 Å². The molecular formula is C19H22N6O2. The van der Waals surface area contributed by atoms with Crippen LogP contribution >= 0.6 is 0 Å². The Balaban J connectivity index is 1.69. The van der Waals surface area contributed by atoms with Crippen molar-refractivity contribution in [2.75, 3.05) is 62.4 Å². The average Bonchev–Trinajstić information content (AvgIpc) is 3.28. The van der Waals surface area contributed by atoms with Crippen LogP contribution in [0.5, 0.6) is 0 Å². The van der Waals surface area contributed by atoms with E-state index in [9.17, 15) is 0 Å². The first-order valence-corrected chi connectivity index (χ1v) is 9.35. The Morgan fingerprint density at radius 2 is 1.63 bits per heavy atom. The van der Waals surface area contributed by atoms with E-state index in [4.69, 9.17) is 14.5 Å². The van der Waals surface area contributed by atoms with Crippen LogP contribution in [0.3, 0.4) is 0 Å². The van der Waals surface area contributed by atoms with Crippen molar-refractivity contribution >= 4 is 22.4 Å². The number of fused-ring (bicyclic) bond motifs is 1. The Labute approximate surface area is 157 Å². The Morgan fingerprint density at radius 3 is 2.33 bits per heavy atom. The van der Waals surface area contributed by atoms with Gasteiger partial charge in [0.2, 0.25) is 0 Å². The van der Waals surface area contributed by atoms with Crippen LogP contribution in [0.4, 0.5) is 11.5 Å². The molecular weight excluding hydrogens is 344 g/mol. The Kier molecular flexibility index (Phi) is 4.35. The first kappa shape index (κ1) is 16.5. The highest BCUT2D eigenvalue weighted by Crippen LogP contribution is 2.34. The maximum atomic E-state index is 5.55. The minimum absolute atomic E-state index is 0.729. The van der Waals surface area contributed by atoms with Gasteiger partial charge in [-0.3, -0.25) is 10.1 Å². The monoisotopic (exact) mass is 366 g/mol. The standard InChI is InChI=1S/C19H22N6O2/c1-3-20-19(15-2-4-21-23-15)18-14(1)16(24-5-9-26-10-6-24)13-17(22-18)25-7-11-27-12-8-25/h1-4,13H,5-12H2,(H,21,23). The number of nitrogens with one attached hydrogen (secondary N) is 1. The summed E-state index contributed by atoms with van der Waals surface area (Å²) in [6.45, 7) is 6.40. The zero-order valence-corrected chi connectivity index (χ0v) is 15.1. The second kappa shape index (κ2) is 7.13. The third kappa shape index (κ3) is 3.11. The van der Waals surface area contributed by atoms with E-state index < -0.39 is 0 Å². The fraction of sp³-hybridized carbons (Fsp3) is 0.421. The number of rotatable bonds is 3. The van der Waals surface area contributed by atoms with Gasteiger partial charge in [0.05, 0.1) is 37.8 Å². The van der Waals surface area contributed by atoms with Crippen molar-refractivity contribution < 1.29 is 9.47 Å². The molecule has 5 heterocycles. The van der Waals surface area contributed by atoms with Gasteiger partial charge in [0.15, 0.2) is 0 Å². The van der Waals surface area contributed by atoms with Crippen molar-refractivity contribution in [2.45, 2.75) is 0 Å². The second-order valence-electron chi connectivity index (χ2n) is 6.72. The molecule has 0 atom stereocenters. The van der Waals surface area contributed by atoms with E-state index >= 15 is 0 Å². The lowest BCUT2D eigenvalue weighted by atomic mass is 10.1. The van der Waals surface area contributed by atoms with Crippen LogP contribution in [0.1, 0.15) is 0 Å². The van der Waals surface area contributed by atoms with Gasteiger partial charge in [0, 0.05) is 50.0 Å². The van der Waals surface area contributed by atoms with Gasteiger partial charge in [0.25, 0.3) is 0 Å². The number of aromatic amines is 1. The number of aromatic nitrogens is 4. The number of hydrogen-bond acceptors (Lipinski definition) is 7. The largest absolute Gasteiger partial charge is 0.378 e. The quantitative estimate of drug-likeness (QED) is 0.756. The summed E-state index contributed by atoms with van der Waals surface area (Å²) in [7, 11) is 0. The van der Waals surface area contributed by atoms with Gasteiger partial charge in [0.1, 0.15) is 17.0 Å². The molecule has 2 fully saturated rings. The molecule has 1 N–H and O–H groups in total. The minimum atomic E-state index is 0.729. The molecule has 140 valence electrons. The summed E-state index contributed by atoms with van der Waals surface area (Å²) in [5, 5.41) is 8.21. The van der Waals surface area contributed by atoms with Crippen molar-refractivity contribution in [3.63, 3.8) is 0 Å². The first-order chi connectivity index (χ1) is 13.4. The third-order valence-corrected chi connectivity index (χ3v) is 5.14. The highest BCUT2D eigenvalue weighted by Gasteiger charge is 2.21. The molecule has 0 radical (unpaired) electrons. The molecule has 8 nitrogen and oxygen atoms in total. The number of anilines is 2. The summed E-state index contributed by atoms with van der Waals surface area (Å²) < 4.78 is 11.1. The maximum Gasteiger partial charge on any atom is 0.131 e. The zero-order chi connectivity index (χ0) is 18.1. The molecule has 0 aromatic carbocycles. The molecule has 8 heteroatoms. The number of ether oxygens (including phenoxy) is 2. The second-order valence-corrected chi connectivity index (χ2v) is 6.72. The normalized spacial score (nSPS) is 18.2. The SMILES string of the molecule is c1cc(-c2nccc3c(N4CCOCC4)cc(N4CCOCC4)nc23)[nH]n1. The van der Waals surface area contributed by atoms with Gasteiger partial charge in [-0.2, -0.15) is 5.10 Å². The Hall–Kier alpha value is -2.71. The lowest BCUT2D eigenvalue weighted by Crippen LogP contribution is -2.38. The lowest BCUT2D eigenvalue weighted by Gasteiger charge is -2.32. The maximum absolute atomic E-state index is 5.55. The third-order valence-electron chi connectivity index (χ3n) is 5.14. The lowest BCUT2D eigenvalue weighted by molar-refractivity contribution is 0.122. The van der Waals surface area contributed by atoms with E-state index in [1.165, 1.54) is 5.69 Å². The molecule has 0 bridgehead atoms. The van der Waals surface area contributed by atoms with Crippen molar-refractivity contribution in [2.24, 2.45) is 0 Å². The molecule has 0 saturated carbocycles. The summed E-state index contributed by atoms with van der Waals surface area (Å²) in [5.74, 6) is 0.973. The fourth-order valence-electron chi connectivity index (χ4n) is 3.73. The molecule has 0 spiro atoms. The van der Waals surface area contributed by atoms with E-state index in [2.05, 4.69) is 37.1 Å². The van der Waals surface area contributed by atoms with Gasteiger partial charge in [-0.05, 0) is 12.1 Å². The van der Waals surface area contributed by atoms with Crippen molar-refractivity contribution in [3.8, 4) is 11.4 Å². The molecule has 5 rings (SSSR count). The fourth-order valence-corrected chi connectivity index (χ4v) is 3.73. The number of morpholine rings is 2. The summed E-state index contributed by atoms with van der Waals surface area (Å²) in [5.41, 5.74) is 3.79. The van der Waals surface area contributed by atoms with Crippen LogP contribution in [0.25, 0.3) is 22.3 Å². The molecule has 0 unspecified atom stereocenters. The highest BCUT2D eigenvalue weighted by molar-refractivity contribution is 6.00. The van der Waals surface area contributed by atoms with Crippen molar-refractivity contribution in [1.29, 1.82) is 0 Å². The summed E-state index contributed by atoms with van der Waals surface area (Å²) in [6, 6.07) is 6.19. The topological polar surface area (TPSA) is 79.4 Å². The smallest absolute Gasteiger partial charge is 0.131 e. The average molecular weight is 366 g/mol. The van der Waals surface area contributed by atoms with Gasteiger partial charge >= 0.3 is 0 Å². The number of H-pyrrole nitrogens is 1. The van der Waals surface area contributed by atoms with Gasteiger partial charge in [-0.1, -0.05) is 0 Å². The summed E-state index contributed by atoms with van der Waals surface area (Å²) in [6.07, 6.45) is 3.59. The summed E-state index contributed by atoms with van der Waals surface area (Å²) in [4.78, 5) is 14.3. The number of nitrogens with zero attached hydrogens (tertiary/aromatic N) is 5. The van der Waals surface area contributed by atoms with Crippen LogP contribution in [-0.2, 0) is 9.47 Å². The molecule has 0 aliphatic carbocycles. The van der Waals surface area contributed by atoms with Crippen molar-refractivity contribution in [3.05, 3.63) is 30.6 Å². The molecule has 3 aromatic heterocycles. The van der Waals surface area contributed by atoms with Gasteiger partial charge < -0.3 is 19.3 Å². The molecule has 2 saturated heterocycles. The highest BCUT2D eigenvalue weighted by atomic mass is 16.5. The van der Waals surface area contributed by atoms with Crippen LogP contribution in [0.2, 0.25) is 0 Å².